The normalized spacial score (nSPS) is 22.8. The molecule has 0 N–H and O–H groups in total. The van der Waals surface area contributed by atoms with Crippen molar-refractivity contribution in [3.05, 3.63) is 0 Å². The van der Waals surface area contributed by atoms with Crippen LogP contribution in [-0.4, -0.2) is 23.9 Å². The van der Waals surface area contributed by atoms with Crippen LogP contribution in [0.3, 0.4) is 0 Å². The highest BCUT2D eigenvalue weighted by Crippen LogP contribution is 2.25. The maximum atomic E-state index is 11.5. The Morgan fingerprint density at radius 2 is 2.36 bits per heavy atom. The van der Waals surface area contributed by atoms with Gasteiger partial charge in [0.2, 0.25) is 0 Å². The fourth-order valence-corrected chi connectivity index (χ4v) is 1.96. The third kappa shape index (κ3) is 2.51. The number of likely N-dealkylation sites (tertiary alicyclic amines) is 1. The average molecular weight is 193 g/mol. The number of nitrogens with zero attached hydrogens (tertiary/aromatic N) is 1. The second-order valence-electron chi connectivity index (χ2n) is 4.06. The minimum absolute atomic E-state index is 0.00157. The predicted molar refractivity (Wildman–Crippen MR) is 57.6 cm³/mol. The first kappa shape index (κ1) is 11.1. The van der Waals surface area contributed by atoms with Crippen molar-refractivity contribution in [3.8, 4) is 11.8 Å². The van der Waals surface area contributed by atoms with Crippen molar-refractivity contribution in [2.24, 2.45) is 11.8 Å². The first-order valence-corrected chi connectivity index (χ1v) is 5.40. The van der Waals surface area contributed by atoms with E-state index in [1.807, 2.05) is 4.90 Å². The minimum Gasteiger partial charge on any atom is -0.332 e. The molecule has 2 atom stereocenters. The number of carbonyl (C=O) groups excluding carboxylic acids is 1. The zero-order valence-electron chi connectivity index (χ0n) is 9.34. The van der Waals surface area contributed by atoms with E-state index in [0.717, 1.165) is 25.4 Å². The smallest absolute Gasteiger partial charge is 0.298 e. The first-order chi connectivity index (χ1) is 6.69. The van der Waals surface area contributed by atoms with Gasteiger partial charge in [0.1, 0.15) is 0 Å². The molecule has 0 radical (unpaired) electrons. The third-order valence-corrected chi connectivity index (χ3v) is 3.19. The van der Waals surface area contributed by atoms with Gasteiger partial charge in [-0.25, -0.2) is 0 Å². The van der Waals surface area contributed by atoms with Gasteiger partial charge in [-0.15, -0.1) is 0 Å². The van der Waals surface area contributed by atoms with Gasteiger partial charge in [0.15, 0.2) is 0 Å². The van der Waals surface area contributed by atoms with Crippen molar-refractivity contribution in [2.45, 2.75) is 33.6 Å². The molecule has 0 aliphatic carbocycles. The van der Waals surface area contributed by atoms with Gasteiger partial charge in [0, 0.05) is 13.1 Å². The Morgan fingerprint density at radius 1 is 1.64 bits per heavy atom. The van der Waals surface area contributed by atoms with E-state index < -0.39 is 0 Å². The van der Waals surface area contributed by atoms with Crippen LogP contribution in [0.4, 0.5) is 0 Å². The van der Waals surface area contributed by atoms with Gasteiger partial charge in [-0.05, 0) is 31.1 Å². The van der Waals surface area contributed by atoms with E-state index in [-0.39, 0.29) is 5.91 Å². The van der Waals surface area contributed by atoms with Gasteiger partial charge < -0.3 is 4.90 Å². The zero-order valence-corrected chi connectivity index (χ0v) is 9.34. The van der Waals surface area contributed by atoms with E-state index >= 15 is 0 Å². The van der Waals surface area contributed by atoms with E-state index in [4.69, 9.17) is 0 Å². The topological polar surface area (TPSA) is 20.3 Å². The summed E-state index contributed by atoms with van der Waals surface area (Å²) in [6, 6.07) is 0. The summed E-state index contributed by atoms with van der Waals surface area (Å²) in [5, 5.41) is 0. The Hall–Kier alpha value is -0.970. The molecule has 0 aromatic rings. The molecule has 1 saturated heterocycles. The van der Waals surface area contributed by atoms with Crippen LogP contribution in [0.2, 0.25) is 0 Å². The molecule has 78 valence electrons. The summed E-state index contributed by atoms with van der Waals surface area (Å²) >= 11 is 0. The van der Waals surface area contributed by atoms with Crippen LogP contribution in [0.25, 0.3) is 0 Å². The molecule has 1 aliphatic heterocycles. The van der Waals surface area contributed by atoms with Gasteiger partial charge in [0.25, 0.3) is 5.91 Å². The van der Waals surface area contributed by atoms with Crippen LogP contribution < -0.4 is 0 Å². The highest BCUT2D eigenvalue weighted by atomic mass is 16.2. The molecule has 0 spiro atoms. The summed E-state index contributed by atoms with van der Waals surface area (Å²) in [5.41, 5.74) is 0. The van der Waals surface area contributed by atoms with Crippen molar-refractivity contribution in [3.63, 3.8) is 0 Å². The summed E-state index contributed by atoms with van der Waals surface area (Å²) in [5.74, 6) is 6.67. The lowest BCUT2D eigenvalue weighted by Crippen LogP contribution is -2.28. The summed E-state index contributed by atoms with van der Waals surface area (Å²) in [7, 11) is 0. The third-order valence-electron chi connectivity index (χ3n) is 3.19. The van der Waals surface area contributed by atoms with Crippen LogP contribution in [-0.2, 0) is 4.79 Å². The van der Waals surface area contributed by atoms with Crippen molar-refractivity contribution in [1.29, 1.82) is 0 Å². The highest BCUT2D eigenvalue weighted by Gasteiger charge is 2.28. The Kier molecular flexibility index (Phi) is 4.00. The maximum absolute atomic E-state index is 11.5. The monoisotopic (exact) mass is 193 g/mol. The SMILES string of the molecule is CC#CC(=O)N1CCC(C(C)CC)C1. The summed E-state index contributed by atoms with van der Waals surface area (Å²) in [6.07, 6.45) is 2.35. The van der Waals surface area contributed by atoms with Gasteiger partial charge in [-0.2, -0.15) is 0 Å². The van der Waals surface area contributed by atoms with Gasteiger partial charge in [0.05, 0.1) is 0 Å². The molecule has 2 unspecified atom stereocenters. The molecule has 2 heteroatoms. The fourth-order valence-electron chi connectivity index (χ4n) is 1.96. The Labute approximate surface area is 86.7 Å². The van der Waals surface area contributed by atoms with Crippen molar-refractivity contribution in [2.75, 3.05) is 13.1 Å². The van der Waals surface area contributed by atoms with Crippen molar-refractivity contribution >= 4 is 5.91 Å². The van der Waals surface area contributed by atoms with Crippen molar-refractivity contribution in [1.82, 2.24) is 4.90 Å². The molecule has 0 aromatic heterocycles. The predicted octanol–water partition coefficient (Wildman–Crippen LogP) is 1.90. The van der Waals surface area contributed by atoms with E-state index in [1.54, 1.807) is 6.92 Å². The van der Waals surface area contributed by atoms with Crippen LogP contribution >= 0.6 is 0 Å². The first-order valence-electron chi connectivity index (χ1n) is 5.40. The number of hydrogen-bond acceptors (Lipinski definition) is 1. The molecule has 0 saturated carbocycles. The largest absolute Gasteiger partial charge is 0.332 e. The number of hydrogen-bond donors (Lipinski definition) is 0. The highest BCUT2D eigenvalue weighted by molar-refractivity contribution is 5.93. The molecular weight excluding hydrogens is 174 g/mol. The van der Waals surface area contributed by atoms with Gasteiger partial charge in [-0.1, -0.05) is 26.2 Å². The van der Waals surface area contributed by atoms with Crippen LogP contribution in [0.5, 0.6) is 0 Å². The molecule has 2 nitrogen and oxygen atoms in total. The molecule has 0 bridgehead atoms. The summed E-state index contributed by atoms with van der Waals surface area (Å²) < 4.78 is 0. The number of carbonyl (C=O) groups is 1. The maximum Gasteiger partial charge on any atom is 0.298 e. The molecule has 1 heterocycles. The molecule has 0 aromatic carbocycles. The van der Waals surface area contributed by atoms with E-state index in [1.165, 1.54) is 6.42 Å². The molecular formula is C12H19NO. The lowest BCUT2D eigenvalue weighted by Gasteiger charge is -2.17. The standard InChI is InChI=1S/C12H19NO/c1-4-6-12(14)13-8-7-11(9-13)10(3)5-2/h10-11H,5,7-9H2,1-3H3. The van der Waals surface area contributed by atoms with Gasteiger partial charge in [-0.3, -0.25) is 4.79 Å². The Bertz CT molecular complexity index is 261. The lowest BCUT2D eigenvalue weighted by atomic mass is 9.91. The quantitative estimate of drug-likeness (QED) is 0.613. The second-order valence-corrected chi connectivity index (χ2v) is 4.06. The fraction of sp³-hybridized carbons (Fsp3) is 0.750. The van der Waals surface area contributed by atoms with Crippen LogP contribution in [0, 0.1) is 23.7 Å². The summed E-state index contributed by atoms with van der Waals surface area (Å²) in [4.78, 5) is 13.3. The van der Waals surface area contributed by atoms with Crippen LogP contribution in [0.15, 0.2) is 0 Å². The van der Waals surface area contributed by atoms with Crippen LogP contribution in [0.1, 0.15) is 33.6 Å². The minimum atomic E-state index is -0.00157. The molecule has 1 fully saturated rings. The molecule has 14 heavy (non-hydrogen) atoms. The van der Waals surface area contributed by atoms with Crippen molar-refractivity contribution < 1.29 is 4.79 Å². The second kappa shape index (κ2) is 5.05. The average Bonchev–Trinajstić information content (AvgIpc) is 2.66. The lowest BCUT2D eigenvalue weighted by molar-refractivity contribution is -0.124. The van der Waals surface area contributed by atoms with Gasteiger partial charge >= 0.3 is 0 Å². The van der Waals surface area contributed by atoms with E-state index in [2.05, 4.69) is 25.7 Å². The molecule has 1 amide bonds. The Balaban J connectivity index is 2.47. The zero-order chi connectivity index (χ0) is 10.6. The summed E-state index contributed by atoms with van der Waals surface area (Å²) in [6.45, 7) is 7.98. The Morgan fingerprint density at radius 3 is 2.93 bits per heavy atom. The molecule has 1 aliphatic rings. The van der Waals surface area contributed by atoms with E-state index in [0.29, 0.717) is 5.92 Å². The van der Waals surface area contributed by atoms with E-state index in [9.17, 15) is 4.79 Å². The number of amides is 1. The molecule has 1 rings (SSSR count). The number of rotatable bonds is 2.